The zero-order valence-electron chi connectivity index (χ0n) is 16.9. The van der Waals surface area contributed by atoms with Crippen LogP contribution in [0, 0.1) is 0 Å². The van der Waals surface area contributed by atoms with E-state index in [4.69, 9.17) is 4.74 Å². The molecule has 1 heterocycles. The van der Waals surface area contributed by atoms with E-state index < -0.39 is 0 Å². The van der Waals surface area contributed by atoms with Crippen molar-refractivity contribution in [3.63, 3.8) is 0 Å². The fourth-order valence-corrected chi connectivity index (χ4v) is 2.98. The number of hydrogen-bond acceptors (Lipinski definition) is 2. The van der Waals surface area contributed by atoms with Crippen molar-refractivity contribution in [3.05, 3.63) is 101 Å². The standard InChI is InChI=1S/C25H28NO2/c1-4-25(2,3)23-12-10-22(11-13-23)24(27)28-19-21-14-16-26(17-15-21)18-20-8-6-5-7-9-20/h5-17H,4,18-19H2,1-3H3/q+1. The minimum atomic E-state index is -0.290. The van der Waals surface area contributed by atoms with Gasteiger partial charge in [0.25, 0.3) is 0 Å². The van der Waals surface area contributed by atoms with Gasteiger partial charge in [-0.15, -0.1) is 0 Å². The second-order valence-corrected chi connectivity index (χ2v) is 7.76. The van der Waals surface area contributed by atoms with Crippen LogP contribution in [0.25, 0.3) is 0 Å². The van der Waals surface area contributed by atoms with Gasteiger partial charge in [-0.2, -0.15) is 0 Å². The second kappa shape index (κ2) is 8.83. The van der Waals surface area contributed by atoms with Gasteiger partial charge in [0.15, 0.2) is 18.9 Å². The maximum Gasteiger partial charge on any atom is 0.338 e. The minimum Gasteiger partial charge on any atom is -0.457 e. The van der Waals surface area contributed by atoms with Crippen LogP contribution in [0.2, 0.25) is 0 Å². The molecule has 0 saturated carbocycles. The van der Waals surface area contributed by atoms with Crippen LogP contribution in [0.1, 0.15) is 54.2 Å². The highest BCUT2D eigenvalue weighted by atomic mass is 16.5. The molecule has 0 amide bonds. The number of carbonyl (C=O) groups is 1. The highest BCUT2D eigenvalue weighted by Crippen LogP contribution is 2.26. The minimum absolute atomic E-state index is 0.113. The van der Waals surface area contributed by atoms with E-state index in [0.29, 0.717) is 5.56 Å². The first-order chi connectivity index (χ1) is 13.5. The number of hydrogen-bond donors (Lipinski definition) is 0. The van der Waals surface area contributed by atoms with Gasteiger partial charge >= 0.3 is 5.97 Å². The Hall–Kier alpha value is -2.94. The lowest BCUT2D eigenvalue weighted by Gasteiger charge is -2.23. The van der Waals surface area contributed by atoms with Crippen molar-refractivity contribution in [3.8, 4) is 0 Å². The van der Waals surface area contributed by atoms with E-state index in [9.17, 15) is 4.79 Å². The molecule has 1 aromatic heterocycles. The zero-order valence-corrected chi connectivity index (χ0v) is 16.9. The van der Waals surface area contributed by atoms with Crippen LogP contribution >= 0.6 is 0 Å². The van der Waals surface area contributed by atoms with Gasteiger partial charge in [-0.3, -0.25) is 0 Å². The first kappa shape index (κ1) is 19.8. The maximum atomic E-state index is 12.3. The molecule has 0 saturated heterocycles. The maximum absolute atomic E-state index is 12.3. The molecule has 0 atom stereocenters. The molecule has 0 aliphatic rings. The lowest BCUT2D eigenvalue weighted by atomic mass is 9.82. The molecule has 0 radical (unpaired) electrons. The van der Waals surface area contributed by atoms with E-state index in [0.717, 1.165) is 18.5 Å². The van der Waals surface area contributed by atoms with Gasteiger partial charge in [-0.1, -0.05) is 63.2 Å². The van der Waals surface area contributed by atoms with Crippen LogP contribution < -0.4 is 4.57 Å². The fourth-order valence-electron chi connectivity index (χ4n) is 2.98. The molecule has 28 heavy (non-hydrogen) atoms. The first-order valence-corrected chi connectivity index (χ1v) is 9.77. The largest absolute Gasteiger partial charge is 0.457 e. The molecular formula is C25H28NO2+. The summed E-state index contributed by atoms with van der Waals surface area (Å²) >= 11 is 0. The van der Waals surface area contributed by atoms with Crippen molar-refractivity contribution < 1.29 is 14.1 Å². The molecular weight excluding hydrogens is 346 g/mol. The number of rotatable bonds is 7. The molecule has 2 aromatic carbocycles. The van der Waals surface area contributed by atoms with Crippen molar-refractivity contribution in [1.82, 2.24) is 0 Å². The summed E-state index contributed by atoms with van der Waals surface area (Å²) in [5.74, 6) is -0.290. The smallest absolute Gasteiger partial charge is 0.338 e. The van der Waals surface area contributed by atoms with Gasteiger partial charge in [0.05, 0.1) is 5.56 Å². The van der Waals surface area contributed by atoms with E-state index in [2.05, 4.69) is 37.5 Å². The van der Waals surface area contributed by atoms with Crippen LogP contribution in [0.5, 0.6) is 0 Å². The third kappa shape index (κ3) is 5.07. The molecule has 3 rings (SSSR count). The average molecular weight is 375 g/mol. The first-order valence-electron chi connectivity index (χ1n) is 9.77. The number of pyridine rings is 1. The molecule has 3 nitrogen and oxygen atoms in total. The molecule has 0 aliphatic carbocycles. The third-order valence-corrected chi connectivity index (χ3v) is 5.32. The lowest BCUT2D eigenvalue weighted by Crippen LogP contribution is -2.33. The Morgan fingerprint density at radius 1 is 0.893 bits per heavy atom. The molecule has 0 unspecified atom stereocenters. The van der Waals surface area contributed by atoms with E-state index in [1.54, 1.807) is 0 Å². The Bertz CT molecular complexity index is 898. The number of nitrogens with zero attached hydrogens (tertiary/aromatic N) is 1. The van der Waals surface area contributed by atoms with E-state index >= 15 is 0 Å². The van der Waals surface area contributed by atoms with Crippen molar-refractivity contribution in [2.75, 3.05) is 0 Å². The van der Waals surface area contributed by atoms with Crippen LogP contribution in [-0.2, 0) is 23.3 Å². The Balaban J connectivity index is 1.55. The summed E-state index contributed by atoms with van der Waals surface area (Å²) in [6.07, 6.45) is 5.07. The predicted molar refractivity (Wildman–Crippen MR) is 111 cm³/mol. The summed E-state index contributed by atoms with van der Waals surface area (Å²) < 4.78 is 7.58. The zero-order chi connectivity index (χ0) is 20.0. The number of esters is 1. The summed E-state index contributed by atoms with van der Waals surface area (Å²) in [5, 5.41) is 0. The van der Waals surface area contributed by atoms with Crippen LogP contribution in [0.3, 0.4) is 0 Å². The summed E-state index contributed by atoms with van der Waals surface area (Å²) in [6, 6.07) is 22.0. The van der Waals surface area contributed by atoms with E-state index in [-0.39, 0.29) is 18.0 Å². The van der Waals surface area contributed by atoms with Crippen molar-refractivity contribution in [2.45, 2.75) is 45.8 Å². The predicted octanol–water partition coefficient (Wildman–Crippen LogP) is 5.07. The summed E-state index contributed by atoms with van der Waals surface area (Å²) in [6.45, 7) is 7.68. The number of ether oxygens (including phenoxy) is 1. The van der Waals surface area contributed by atoms with Gasteiger partial charge in [0.2, 0.25) is 0 Å². The summed E-state index contributed by atoms with van der Waals surface area (Å²) in [4.78, 5) is 12.3. The average Bonchev–Trinajstić information content (AvgIpc) is 2.74. The molecule has 3 heteroatoms. The quantitative estimate of drug-likeness (QED) is 0.427. The Morgan fingerprint density at radius 3 is 2.14 bits per heavy atom. The molecule has 0 spiro atoms. The SMILES string of the molecule is CCC(C)(C)c1ccc(C(=O)OCc2cc[n+](Cc3ccccc3)cc2)cc1. The van der Waals surface area contributed by atoms with Gasteiger partial charge in [-0.05, 0) is 29.5 Å². The Morgan fingerprint density at radius 2 is 1.54 bits per heavy atom. The Kier molecular flexibility index (Phi) is 6.25. The molecule has 0 N–H and O–H groups in total. The molecule has 0 bridgehead atoms. The monoisotopic (exact) mass is 374 g/mol. The van der Waals surface area contributed by atoms with Gasteiger partial charge < -0.3 is 4.74 Å². The van der Waals surface area contributed by atoms with E-state index in [1.807, 2.05) is 67.0 Å². The van der Waals surface area contributed by atoms with Gasteiger partial charge in [0, 0.05) is 23.3 Å². The number of benzene rings is 2. The van der Waals surface area contributed by atoms with Gasteiger partial charge in [-0.25, -0.2) is 9.36 Å². The highest BCUT2D eigenvalue weighted by Gasteiger charge is 2.18. The normalized spacial score (nSPS) is 11.2. The summed E-state index contributed by atoms with van der Waals surface area (Å²) in [7, 11) is 0. The van der Waals surface area contributed by atoms with E-state index in [1.165, 1.54) is 11.1 Å². The molecule has 144 valence electrons. The number of aromatic nitrogens is 1. The van der Waals surface area contributed by atoms with Gasteiger partial charge in [0.1, 0.15) is 6.61 Å². The fraction of sp³-hybridized carbons (Fsp3) is 0.280. The Labute approximate surface area is 167 Å². The molecule has 3 aromatic rings. The van der Waals surface area contributed by atoms with Crippen LogP contribution in [0.15, 0.2) is 79.1 Å². The van der Waals surface area contributed by atoms with Crippen molar-refractivity contribution >= 4 is 5.97 Å². The molecule has 0 fully saturated rings. The summed E-state index contributed by atoms with van der Waals surface area (Å²) in [5.41, 5.74) is 4.16. The van der Waals surface area contributed by atoms with Crippen molar-refractivity contribution in [1.29, 1.82) is 0 Å². The van der Waals surface area contributed by atoms with Crippen LogP contribution in [-0.4, -0.2) is 5.97 Å². The van der Waals surface area contributed by atoms with Crippen molar-refractivity contribution in [2.24, 2.45) is 0 Å². The molecule has 0 aliphatic heterocycles. The third-order valence-electron chi connectivity index (χ3n) is 5.32. The number of carbonyl (C=O) groups excluding carboxylic acids is 1. The lowest BCUT2D eigenvalue weighted by molar-refractivity contribution is -0.688. The highest BCUT2D eigenvalue weighted by molar-refractivity contribution is 5.89. The van der Waals surface area contributed by atoms with Crippen LogP contribution in [0.4, 0.5) is 0 Å². The second-order valence-electron chi connectivity index (χ2n) is 7.76. The topological polar surface area (TPSA) is 30.2 Å².